The van der Waals surface area contributed by atoms with E-state index in [-0.39, 0.29) is 0 Å². The van der Waals surface area contributed by atoms with E-state index >= 15 is 0 Å². The van der Waals surface area contributed by atoms with Crippen LogP contribution in [0.2, 0.25) is 0 Å². The Kier molecular flexibility index (Phi) is 5.01. The van der Waals surface area contributed by atoms with Crippen LogP contribution in [-0.2, 0) is 13.0 Å². The SMILES string of the molecule is c1ccc(CC2CCCN(C3=NCCN3Cc3ccccc3)C2)cc1. The number of benzene rings is 2. The molecule has 25 heavy (non-hydrogen) atoms. The molecule has 130 valence electrons. The number of hydrogen-bond acceptors (Lipinski definition) is 3. The van der Waals surface area contributed by atoms with Crippen LogP contribution in [0.15, 0.2) is 65.7 Å². The zero-order valence-electron chi connectivity index (χ0n) is 14.8. The minimum absolute atomic E-state index is 0.734. The van der Waals surface area contributed by atoms with Crippen molar-refractivity contribution < 1.29 is 0 Å². The summed E-state index contributed by atoms with van der Waals surface area (Å²) in [6.45, 7) is 5.24. The van der Waals surface area contributed by atoms with Gasteiger partial charge in [-0.05, 0) is 36.3 Å². The molecule has 2 heterocycles. The van der Waals surface area contributed by atoms with Gasteiger partial charge < -0.3 is 9.80 Å². The summed E-state index contributed by atoms with van der Waals surface area (Å²) < 4.78 is 0. The molecule has 1 unspecified atom stereocenters. The maximum absolute atomic E-state index is 4.85. The van der Waals surface area contributed by atoms with Crippen molar-refractivity contribution in [3.05, 3.63) is 71.8 Å². The van der Waals surface area contributed by atoms with Crippen LogP contribution in [0.4, 0.5) is 0 Å². The Balaban J connectivity index is 1.40. The normalized spacial score (nSPS) is 20.6. The lowest BCUT2D eigenvalue weighted by molar-refractivity contribution is 0.231. The molecule has 1 saturated heterocycles. The monoisotopic (exact) mass is 333 g/mol. The van der Waals surface area contributed by atoms with Crippen LogP contribution in [-0.4, -0.2) is 41.9 Å². The highest BCUT2D eigenvalue weighted by molar-refractivity contribution is 5.81. The van der Waals surface area contributed by atoms with Gasteiger partial charge in [-0.3, -0.25) is 4.99 Å². The van der Waals surface area contributed by atoms with Gasteiger partial charge in [0.1, 0.15) is 0 Å². The number of rotatable bonds is 4. The topological polar surface area (TPSA) is 18.8 Å². The van der Waals surface area contributed by atoms with E-state index in [9.17, 15) is 0 Å². The van der Waals surface area contributed by atoms with Crippen molar-refractivity contribution >= 4 is 5.96 Å². The van der Waals surface area contributed by atoms with Gasteiger partial charge in [-0.2, -0.15) is 0 Å². The van der Waals surface area contributed by atoms with Crippen LogP contribution in [0.3, 0.4) is 0 Å². The fourth-order valence-electron chi connectivity index (χ4n) is 4.09. The van der Waals surface area contributed by atoms with E-state index in [1.807, 2.05) is 0 Å². The van der Waals surface area contributed by atoms with E-state index < -0.39 is 0 Å². The number of nitrogens with zero attached hydrogens (tertiary/aromatic N) is 3. The number of likely N-dealkylation sites (tertiary alicyclic amines) is 1. The van der Waals surface area contributed by atoms with Crippen molar-refractivity contribution in [3.8, 4) is 0 Å². The Bertz CT molecular complexity index is 696. The van der Waals surface area contributed by atoms with E-state index in [4.69, 9.17) is 4.99 Å². The number of piperidine rings is 1. The van der Waals surface area contributed by atoms with Crippen molar-refractivity contribution in [1.29, 1.82) is 0 Å². The van der Waals surface area contributed by atoms with E-state index in [0.29, 0.717) is 0 Å². The van der Waals surface area contributed by atoms with Gasteiger partial charge in [-0.25, -0.2) is 0 Å². The lowest BCUT2D eigenvalue weighted by Crippen LogP contribution is -2.46. The standard InChI is InChI=1S/C22H27N3/c1-3-8-19(9-4-1)16-21-12-7-14-24(18-21)22-23-13-15-25(22)17-20-10-5-2-6-11-20/h1-6,8-11,21H,7,12-18H2. The first-order chi connectivity index (χ1) is 12.4. The van der Waals surface area contributed by atoms with Crippen molar-refractivity contribution in [3.63, 3.8) is 0 Å². The van der Waals surface area contributed by atoms with Crippen molar-refractivity contribution in [2.45, 2.75) is 25.8 Å². The summed E-state index contributed by atoms with van der Waals surface area (Å²) in [5.74, 6) is 1.96. The lowest BCUT2D eigenvalue weighted by Gasteiger charge is -2.37. The first-order valence-corrected chi connectivity index (χ1v) is 9.51. The minimum atomic E-state index is 0.734. The van der Waals surface area contributed by atoms with Crippen molar-refractivity contribution in [1.82, 2.24) is 9.80 Å². The quantitative estimate of drug-likeness (QED) is 0.847. The Morgan fingerprint density at radius 2 is 1.60 bits per heavy atom. The number of hydrogen-bond donors (Lipinski definition) is 0. The molecule has 2 aliphatic heterocycles. The molecular weight excluding hydrogens is 306 g/mol. The van der Waals surface area contributed by atoms with Gasteiger partial charge in [0.15, 0.2) is 5.96 Å². The van der Waals surface area contributed by atoms with Crippen LogP contribution in [0.1, 0.15) is 24.0 Å². The van der Waals surface area contributed by atoms with Crippen LogP contribution in [0.5, 0.6) is 0 Å². The zero-order valence-corrected chi connectivity index (χ0v) is 14.8. The summed E-state index contributed by atoms with van der Waals surface area (Å²) in [4.78, 5) is 9.84. The van der Waals surface area contributed by atoms with Gasteiger partial charge in [0.05, 0.1) is 6.54 Å². The minimum Gasteiger partial charge on any atom is -0.343 e. The highest BCUT2D eigenvalue weighted by Crippen LogP contribution is 2.23. The molecule has 0 spiro atoms. The smallest absolute Gasteiger partial charge is 0.197 e. The Morgan fingerprint density at radius 3 is 2.36 bits per heavy atom. The second-order valence-electron chi connectivity index (χ2n) is 7.23. The van der Waals surface area contributed by atoms with Crippen molar-refractivity contribution in [2.24, 2.45) is 10.9 Å². The second kappa shape index (κ2) is 7.73. The van der Waals surface area contributed by atoms with E-state index in [1.165, 1.54) is 36.3 Å². The number of guanidine groups is 1. The van der Waals surface area contributed by atoms with Crippen molar-refractivity contribution in [2.75, 3.05) is 26.2 Å². The lowest BCUT2D eigenvalue weighted by atomic mass is 9.91. The zero-order chi connectivity index (χ0) is 16.9. The first kappa shape index (κ1) is 16.2. The molecule has 0 N–H and O–H groups in total. The van der Waals surface area contributed by atoms with Gasteiger partial charge in [-0.1, -0.05) is 60.7 Å². The van der Waals surface area contributed by atoms with Gasteiger partial charge in [0, 0.05) is 26.2 Å². The molecule has 2 aromatic carbocycles. The van der Waals surface area contributed by atoms with Crippen LogP contribution < -0.4 is 0 Å². The summed E-state index contributed by atoms with van der Waals surface area (Å²) in [6.07, 6.45) is 3.79. The number of aliphatic imine (C=N–C) groups is 1. The van der Waals surface area contributed by atoms with E-state index in [1.54, 1.807) is 0 Å². The molecule has 0 radical (unpaired) electrons. The molecule has 0 bridgehead atoms. The van der Waals surface area contributed by atoms with Gasteiger partial charge in [-0.15, -0.1) is 0 Å². The Labute approximate surface area is 151 Å². The molecule has 2 aromatic rings. The Hall–Kier alpha value is -2.29. The molecule has 0 saturated carbocycles. The van der Waals surface area contributed by atoms with Crippen LogP contribution in [0, 0.1) is 5.92 Å². The fraction of sp³-hybridized carbons (Fsp3) is 0.409. The van der Waals surface area contributed by atoms with Gasteiger partial charge in [0.2, 0.25) is 0 Å². The predicted octanol–water partition coefficient (Wildman–Crippen LogP) is 3.81. The fourth-order valence-corrected chi connectivity index (χ4v) is 4.09. The van der Waals surface area contributed by atoms with Crippen LogP contribution >= 0.6 is 0 Å². The average molecular weight is 333 g/mol. The maximum atomic E-state index is 4.85. The molecule has 1 atom stereocenters. The van der Waals surface area contributed by atoms with E-state index in [0.717, 1.165) is 38.6 Å². The largest absolute Gasteiger partial charge is 0.343 e. The van der Waals surface area contributed by atoms with Crippen LogP contribution in [0.25, 0.3) is 0 Å². The molecule has 1 fully saturated rings. The summed E-state index contributed by atoms with van der Waals surface area (Å²) in [7, 11) is 0. The summed E-state index contributed by atoms with van der Waals surface area (Å²) in [5.41, 5.74) is 2.83. The molecule has 3 nitrogen and oxygen atoms in total. The molecule has 0 amide bonds. The second-order valence-corrected chi connectivity index (χ2v) is 7.23. The third-order valence-corrected chi connectivity index (χ3v) is 5.29. The maximum Gasteiger partial charge on any atom is 0.197 e. The molecule has 4 rings (SSSR count). The Morgan fingerprint density at radius 1 is 0.880 bits per heavy atom. The highest BCUT2D eigenvalue weighted by atomic mass is 15.4. The third-order valence-electron chi connectivity index (χ3n) is 5.29. The first-order valence-electron chi connectivity index (χ1n) is 9.51. The molecular formula is C22H27N3. The molecule has 0 aromatic heterocycles. The van der Waals surface area contributed by atoms with Gasteiger partial charge in [0.25, 0.3) is 0 Å². The molecule has 0 aliphatic carbocycles. The van der Waals surface area contributed by atoms with Gasteiger partial charge >= 0.3 is 0 Å². The summed E-state index contributed by atoms with van der Waals surface area (Å²) in [6, 6.07) is 21.7. The molecule has 3 heteroatoms. The summed E-state index contributed by atoms with van der Waals surface area (Å²) >= 11 is 0. The predicted molar refractivity (Wildman–Crippen MR) is 104 cm³/mol. The molecule has 2 aliphatic rings. The third kappa shape index (κ3) is 4.04. The highest BCUT2D eigenvalue weighted by Gasteiger charge is 2.28. The summed E-state index contributed by atoms with van der Waals surface area (Å²) in [5, 5.41) is 0. The van der Waals surface area contributed by atoms with E-state index in [2.05, 4.69) is 70.5 Å². The average Bonchev–Trinajstić information content (AvgIpc) is 3.12.